The van der Waals surface area contributed by atoms with Crippen molar-refractivity contribution in [3.8, 4) is 0 Å². The predicted octanol–water partition coefficient (Wildman–Crippen LogP) is 2.47. The molecule has 0 radical (unpaired) electrons. The van der Waals surface area contributed by atoms with E-state index in [4.69, 9.17) is 16.7 Å². The van der Waals surface area contributed by atoms with Gasteiger partial charge in [0, 0.05) is 13.2 Å². The number of aromatic carboxylic acids is 1. The van der Waals surface area contributed by atoms with Gasteiger partial charge in [-0.3, -0.25) is 4.68 Å². The van der Waals surface area contributed by atoms with Gasteiger partial charge in [-0.1, -0.05) is 18.5 Å². The van der Waals surface area contributed by atoms with Crippen LogP contribution in [0.3, 0.4) is 0 Å². The second-order valence-corrected chi connectivity index (χ2v) is 4.40. The number of aryl methyl sites for hydroxylation is 2. The zero-order valence-corrected chi connectivity index (χ0v) is 11.3. The number of carboxylic acids is 1. The molecule has 0 fully saturated rings. The number of carbonyl (C=O) groups is 1. The Morgan fingerprint density at radius 3 is 2.89 bits per heavy atom. The molecule has 7 heteroatoms. The van der Waals surface area contributed by atoms with Gasteiger partial charge in [0.05, 0.1) is 16.9 Å². The number of carboxylic acid groups (broad SMARTS) is 1. The van der Waals surface area contributed by atoms with Crippen molar-refractivity contribution < 1.29 is 9.90 Å². The fourth-order valence-corrected chi connectivity index (χ4v) is 1.93. The maximum atomic E-state index is 11.0. The molecule has 0 amide bonds. The van der Waals surface area contributed by atoms with E-state index >= 15 is 0 Å². The van der Waals surface area contributed by atoms with Crippen molar-refractivity contribution in [3.63, 3.8) is 0 Å². The first kappa shape index (κ1) is 13.4. The Hall–Kier alpha value is -2.08. The Morgan fingerprint density at radius 2 is 2.26 bits per heavy atom. The molecule has 0 aromatic carbocycles. The van der Waals surface area contributed by atoms with Crippen LogP contribution in [0.5, 0.6) is 0 Å². The van der Waals surface area contributed by atoms with Crippen molar-refractivity contribution in [2.24, 2.45) is 7.05 Å². The lowest BCUT2D eigenvalue weighted by Crippen LogP contribution is -2.01. The minimum Gasteiger partial charge on any atom is -0.478 e. The SMILES string of the molecule is CCc1nn(C)cc1Nc1cc(C(=O)O)cc(Cl)n1. The Balaban J connectivity index is 2.35. The van der Waals surface area contributed by atoms with E-state index in [0.29, 0.717) is 5.82 Å². The molecule has 0 aliphatic carbocycles. The smallest absolute Gasteiger partial charge is 0.335 e. The Labute approximate surface area is 115 Å². The van der Waals surface area contributed by atoms with Crippen LogP contribution in [0.25, 0.3) is 0 Å². The molecule has 0 bridgehead atoms. The van der Waals surface area contributed by atoms with E-state index in [1.54, 1.807) is 4.68 Å². The first-order valence-electron chi connectivity index (χ1n) is 5.70. The number of nitrogens with zero attached hydrogens (tertiary/aromatic N) is 3. The molecule has 0 atom stereocenters. The highest BCUT2D eigenvalue weighted by Crippen LogP contribution is 2.21. The Kier molecular flexibility index (Phi) is 3.71. The molecule has 6 nitrogen and oxygen atoms in total. The minimum absolute atomic E-state index is 0.0874. The summed E-state index contributed by atoms with van der Waals surface area (Å²) >= 11 is 5.80. The fourth-order valence-electron chi connectivity index (χ4n) is 1.72. The number of anilines is 2. The molecule has 100 valence electrons. The molecule has 0 aliphatic rings. The molecule has 0 unspecified atom stereocenters. The maximum Gasteiger partial charge on any atom is 0.335 e. The predicted molar refractivity (Wildman–Crippen MR) is 72.1 cm³/mol. The van der Waals surface area contributed by atoms with Gasteiger partial charge in [0.25, 0.3) is 0 Å². The number of nitrogens with one attached hydrogen (secondary N) is 1. The highest BCUT2D eigenvalue weighted by Gasteiger charge is 2.10. The van der Waals surface area contributed by atoms with Crippen LogP contribution >= 0.6 is 11.6 Å². The normalized spacial score (nSPS) is 10.5. The van der Waals surface area contributed by atoms with Gasteiger partial charge in [-0.15, -0.1) is 0 Å². The molecule has 0 spiro atoms. The van der Waals surface area contributed by atoms with Crippen molar-refractivity contribution >= 4 is 29.1 Å². The van der Waals surface area contributed by atoms with Gasteiger partial charge >= 0.3 is 5.97 Å². The molecule has 2 aromatic heterocycles. The molecule has 2 rings (SSSR count). The molecule has 19 heavy (non-hydrogen) atoms. The second kappa shape index (κ2) is 5.27. The topological polar surface area (TPSA) is 80.0 Å². The van der Waals surface area contributed by atoms with Crippen LogP contribution in [0, 0.1) is 0 Å². The fraction of sp³-hybridized carbons (Fsp3) is 0.250. The first-order valence-corrected chi connectivity index (χ1v) is 6.07. The molecule has 0 aliphatic heterocycles. The summed E-state index contributed by atoms with van der Waals surface area (Å²) in [5.41, 5.74) is 1.75. The average molecular weight is 281 g/mol. The van der Waals surface area contributed by atoms with E-state index < -0.39 is 5.97 Å². The van der Waals surface area contributed by atoms with Crippen molar-refractivity contribution in [2.45, 2.75) is 13.3 Å². The number of halogens is 1. The molecular weight excluding hydrogens is 268 g/mol. The van der Waals surface area contributed by atoms with Crippen LogP contribution in [-0.2, 0) is 13.5 Å². The van der Waals surface area contributed by atoms with Crippen molar-refractivity contribution in [2.75, 3.05) is 5.32 Å². The number of hydrogen-bond acceptors (Lipinski definition) is 4. The van der Waals surface area contributed by atoms with Gasteiger partial charge in [-0.2, -0.15) is 5.10 Å². The van der Waals surface area contributed by atoms with Crippen LogP contribution in [0.1, 0.15) is 23.0 Å². The summed E-state index contributed by atoms with van der Waals surface area (Å²) < 4.78 is 1.68. The number of hydrogen-bond donors (Lipinski definition) is 2. The highest BCUT2D eigenvalue weighted by atomic mass is 35.5. The molecule has 0 saturated heterocycles. The minimum atomic E-state index is -1.05. The Bertz CT molecular complexity index is 624. The van der Waals surface area contributed by atoms with Crippen molar-refractivity contribution in [1.82, 2.24) is 14.8 Å². The number of aromatic nitrogens is 3. The van der Waals surface area contributed by atoms with Crippen LogP contribution < -0.4 is 5.32 Å². The third-order valence-electron chi connectivity index (χ3n) is 2.54. The zero-order chi connectivity index (χ0) is 14.0. The molecular formula is C12H13ClN4O2. The summed E-state index contributed by atoms with van der Waals surface area (Å²) in [6.45, 7) is 1.99. The van der Waals surface area contributed by atoms with Crippen LogP contribution in [0.4, 0.5) is 11.5 Å². The molecule has 2 N–H and O–H groups in total. The highest BCUT2D eigenvalue weighted by molar-refractivity contribution is 6.29. The summed E-state index contributed by atoms with van der Waals surface area (Å²) in [5, 5.41) is 16.4. The summed E-state index contributed by atoms with van der Waals surface area (Å²) in [5.74, 6) is -0.665. The quantitative estimate of drug-likeness (QED) is 0.841. The number of pyridine rings is 1. The van der Waals surface area contributed by atoms with E-state index in [1.165, 1.54) is 12.1 Å². The maximum absolute atomic E-state index is 11.0. The van der Waals surface area contributed by atoms with E-state index in [9.17, 15) is 4.79 Å². The monoisotopic (exact) mass is 280 g/mol. The second-order valence-electron chi connectivity index (χ2n) is 4.01. The van der Waals surface area contributed by atoms with E-state index in [-0.39, 0.29) is 10.7 Å². The van der Waals surface area contributed by atoms with Gasteiger partial charge in [0.15, 0.2) is 0 Å². The first-order chi connectivity index (χ1) is 8.99. The van der Waals surface area contributed by atoms with Gasteiger partial charge in [0.1, 0.15) is 11.0 Å². The summed E-state index contributed by atoms with van der Waals surface area (Å²) in [6.07, 6.45) is 2.57. The van der Waals surface area contributed by atoms with E-state index in [2.05, 4.69) is 15.4 Å². The zero-order valence-electron chi connectivity index (χ0n) is 10.5. The Morgan fingerprint density at radius 1 is 1.53 bits per heavy atom. The van der Waals surface area contributed by atoms with Gasteiger partial charge in [0.2, 0.25) is 0 Å². The lowest BCUT2D eigenvalue weighted by Gasteiger charge is -2.06. The van der Waals surface area contributed by atoms with Crippen molar-refractivity contribution in [3.05, 3.63) is 34.7 Å². The van der Waals surface area contributed by atoms with Gasteiger partial charge < -0.3 is 10.4 Å². The summed E-state index contributed by atoms with van der Waals surface area (Å²) in [7, 11) is 1.82. The molecule has 2 aromatic rings. The van der Waals surface area contributed by atoms with Gasteiger partial charge in [-0.05, 0) is 18.6 Å². The van der Waals surface area contributed by atoms with Crippen LogP contribution in [-0.4, -0.2) is 25.8 Å². The van der Waals surface area contributed by atoms with E-state index in [1.807, 2.05) is 20.2 Å². The third-order valence-corrected chi connectivity index (χ3v) is 2.74. The largest absolute Gasteiger partial charge is 0.478 e. The van der Waals surface area contributed by atoms with Crippen LogP contribution in [0.2, 0.25) is 5.15 Å². The molecule has 0 saturated carbocycles. The van der Waals surface area contributed by atoms with Gasteiger partial charge in [-0.25, -0.2) is 9.78 Å². The standard InChI is InChI=1S/C12H13ClN4O2/c1-3-8-9(6-17(2)16-8)14-11-5-7(12(18)19)4-10(13)15-11/h4-6H,3H2,1-2H3,(H,14,15)(H,18,19). The summed E-state index contributed by atoms with van der Waals surface area (Å²) in [6, 6.07) is 2.74. The van der Waals surface area contributed by atoms with Crippen LogP contribution in [0.15, 0.2) is 18.3 Å². The van der Waals surface area contributed by atoms with Crippen molar-refractivity contribution in [1.29, 1.82) is 0 Å². The lowest BCUT2D eigenvalue weighted by atomic mass is 10.2. The molecule has 2 heterocycles. The van der Waals surface area contributed by atoms with E-state index in [0.717, 1.165) is 17.8 Å². The number of rotatable bonds is 4. The lowest BCUT2D eigenvalue weighted by molar-refractivity contribution is 0.0697. The summed E-state index contributed by atoms with van der Waals surface area (Å²) in [4.78, 5) is 15.0. The average Bonchev–Trinajstić information content (AvgIpc) is 2.68. The third kappa shape index (κ3) is 3.03.